The maximum Gasteiger partial charge on any atom is 0.322 e. The van der Waals surface area contributed by atoms with Crippen LogP contribution in [0.3, 0.4) is 0 Å². The summed E-state index contributed by atoms with van der Waals surface area (Å²) >= 11 is 0. The lowest BCUT2D eigenvalue weighted by molar-refractivity contribution is -0.119. The first-order chi connectivity index (χ1) is 13.5. The van der Waals surface area contributed by atoms with Crippen molar-refractivity contribution >= 4 is 23.3 Å². The average Bonchev–Trinajstić information content (AvgIpc) is 3.20. The Morgan fingerprint density at radius 3 is 2.29 bits per heavy atom. The van der Waals surface area contributed by atoms with Gasteiger partial charge in [0.15, 0.2) is 0 Å². The molecule has 148 valence electrons. The molecule has 5 heteroatoms. The topological polar surface area (TPSA) is 61.4 Å². The molecule has 0 unspecified atom stereocenters. The van der Waals surface area contributed by atoms with Crippen molar-refractivity contribution in [3.8, 4) is 0 Å². The highest BCUT2D eigenvalue weighted by atomic mass is 16.2. The molecule has 0 radical (unpaired) electrons. The van der Waals surface area contributed by atoms with Crippen molar-refractivity contribution in [3.63, 3.8) is 0 Å². The zero-order chi connectivity index (χ0) is 20.1. The fraction of sp³-hybridized carbons (Fsp3) is 0.391. The number of nitrogens with one attached hydrogen (secondary N) is 2. The molecule has 2 aromatic carbocycles. The monoisotopic (exact) mass is 379 g/mol. The molecule has 0 saturated carbocycles. The van der Waals surface area contributed by atoms with Crippen LogP contribution in [0.2, 0.25) is 0 Å². The molecule has 2 atom stereocenters. The molecule has 1 heterocycles. The van der Waals surface area contributed by atoms with Gasteiger partial charge in [-0.25, -0.2) is 4.79 Å². The Bertz CT molecular complexity index is 815. The third kappa shape index (κ3) is 4.71. The second-order valence-electron chi connectivity index (χ2n) is 7.57. The predicted molar refractivity (Wildman–Crippen MR) is 114 cm³/mol. The highest BCUT2D eigenvalue weighted by molar-refractivity contribution is 5.99. The van der Waals surface area contributed by atoms with Crippen LogP contribution in [-0.2, 0) is 4.79 Å². The van der Waals surface area contributed by atoms with Gasteiger partial charge in [0, 0.05) is 17.9 Å². The summed E-state index contributed by atoms with van der Waals surface area (Å²) in [4.78, 5) is 27.1. The molecule has 1 aliphatic heterocycles. The number of aryl methyl sites for hydroxylation is 1. The van der Waals surface area contributed by atoms with E-state index in [4.69, 9.17) is 0 Å². The zero-order valence-electron chi connectivity index (χ0n) is 16.9. The largest absolute Gasteiger partial charge is 0.324 e. The van der Waals surface area contributed by atoms with E-state index in [1.54, 1.807) is 4.90 Å². The molecular weight excluding hydrogens is 350 g/mol. The summed E-state index contributed by atoms with van der Waals surface area (Å²) in [6.07, 6.45) is 2.59. The Labute approximate surface area is 167 Å². The van der Waals surface area contributed by atoms with Crippen LogP contribution in [0.15, 0.2) is 48.5 Å². The number of rotatable bonds is 5. The third-order valence-electron chi connectivity index (χ3n) is 5.48. The summed E-state index contributed by atoms with van der Waals surface area (Å²) in [5.41, 5.74) is 3.90. The van der Waals surface area contributed by atoms with Crippen molar-refractivity contribution in [1.82, 2.24) is 4.90 Å². The van der Waals surface area contributed by atoms with E-state index in [9.17, 15) is 9.59 Å². The first kappa shape index (κ1) is 19.9. The van der Waals surface area contributed by atoms with Gasteiger partial charge < -0.3 is 15.5 Å². The van der Waals surface area contributed by atoms with E-state index < -0.39 is 6.04 Å². The van der Waals surface area contributed by atoms with Gasteiger partial charge in [0.05, 0.1) is 0 Å². The summed E-state index contributed by atoms with van der Waals surface area (Å²) in [5.74, 6) is 0.369. The maximum absolute atomic E-state index is 12.8. The van der Waals surface area contributed by atoms with Gasteiger partial charge in [0.2, 0.25) is 5.91 Å². The van der Waals surface area contributed by atoms with E-state index in [-0.39, 0.29) is 11.9 Å². The Hall–Kier alpha value is -2.82. The molecule has 0 aromatic heterocycles. The minimum absolute atomic E-state index is 0.132. The van der Waals surface area contributed by atoms with Gasteiger partial charge in [-0.1, -0.05) is 43.7 Å². The second-order valence-corrected chi connectivity index (χ2v) is 7.57. The molecule has 1 aliphatic rings. The number of hydrogen-bond acceptors (Lipinski definition) is 2. The van der Waals surface area contributed by atoms with E-state index in [2.05, 4.69) is 36.6 Å². The van der Waals surface area contributed by atoms with Crippen molar-refractivity contribution in [3.05, 3.63) is 59.7 Å². The van der Waals surface area contributed by atoms with Gasteiger partial charge >= 0.3 is 6.03 Å². The van der Waals surface area contributed by atoms with Crippen molar-refractivity contribution in [2.45, 2.75) is 52.0 Å². The van der Waals surface area contributed by atoms with Crippen molar-refractivity contribution < 1.29 is 9.59 Å². The lowest BCUT2D eigenvalue weighted by atomic mass is 9.98. The molecule has 5 nitrogen and oxygen atoms in total. The molecule has 0 spiro atoms. The molecular formula is C23H29N3O2. The molecule has 3 rings (SSSR count). The molecule has 1 fully saturated rings. The van der Waals surface area contributed by atoms with E-state index in [1.165, 1.54) is 5.56 Å². The van der Waals surface area contributed by atoms with Gasteiger partial charge in [0.25, 0.3) is 0 Å². The number of amides is 3. The van der Waals surface area contributed by atoms with Crippen LogP contribution in [-0.4, -0.2) is 29.4 Å². The minimum Gasteiger partial charge on any atom is -0.324 e. The van der Waals surface area contributed by atoms with Crippen LogP contribution in [0.5, 0.6) is 0 Å². The van der Waals surface area contributed by atoms with Crippen LogP contribution >= 0.6 is 0 Å². The normalized spacial score (nSPS) is 17.2. The number of anilines is 2. The summed E-state index contributed by atoms with van der Waals surface area (Å²) in [7, 11) is 0. The van der Waals surface area contributed by atoms with E-state index in [0.29, 0.717) is 18.9 Å². The predicted octanol–water partition coefficient (Wildman–Crippen LogP) is 5.14. The standard InChI is InChI=1S/C23H29N3O2/c1-4-17(3)18-9-13-19(14-10-18)24-22(27)21-6-5-15-26(21)23(28)25-20-11-7-16(2)8-12-20/h7-14,17,21H,4-6,15H2,1-3H3,(H,24,27)(H,25,28)/t17-,21+/m1/s1. The van der Waals surface area contributed by atoms with Crippen LogP contribution in [0.25, 0.3) is 0 Å². The number of nitrogens with zero attached hydrogens (tertiary/aromatic N) is 1. The van der Waals surface area contributed by atoms with Crippen LogP contribution in [0, 0.1) is 6.92 Å². The Balaban J connectivity index is 1.62. The van der Waals surface area contributed by atoms with Crippen molar-refractivity contribution in [2.75, 3.05) is 17.2 Å². The summed E-state index contributed by atoms with van der Waals surface area (Å²) in [5, 5.41) is 5.86. The van der Waals surface area contributed by atoms with Gasteiger partial charge in [-0.05, 0) is 61.9 Å². The van der Waals surface area contributed by atoms with Crippen LogP contribution < -0.4 is 10.6 Å². The Morgan fingerprint density at radius 1 is 1.04 bits per heavy atom. The highest BCUT2D eigenvalue weighted by Gasteiger charge is 2.34. The first-order valence-electron chi connectivity index (χ1n) is 10.0. The van der Waals surface area contributed by atoms with Gasteiger partial charge in [-0.2, -0.15) is 0 Å². The summed E-state index contributed by atoms with van der Waals surface area (Å²) < 4.78 is 0. The lowest BCUT2D eigenvalue weighted by Crippen LogP contribution is -2.45. The van der Waals surface area contributed by atoms with Crippen LogP contribution in [0.4, 0.5) is 16.2 Å². The third-order valence-corrected chi connectivity index (χ3v) is 5.48. The molecule has 28 heavy (non-hydrogen) atoms. The molecule has 0 bridgehead atoms. The number of carbonyl (C=O) groups excluding carboxylic acids is 2. The molecule has 1 saturated heterocycles. The first-order valence-corrected chi connectivity index (χ1v) is 10.0. The van der Waals surface area contributed by atoms with E-state index >= 15 is 0 Å². The second kappa shape index (κ2) is 8.91. The number of likely N-dealkylation sites (tertiary alicyclic amines) is 1. The van der Waals surface area contributed by atoms with Gasteiger partial charge in [0.1, 0.15) is 6.04 Å². The Kier molecular flexibility index (Phi) is 6.34. The SMILES string of the molecule is CC[C@@H](C)c1ccc(NC(=O)[C@@H]2CCCN2C(=O)Nc2ccc(C)cc2)cc1. The minimum atomic E-state index is -0.445. The van der Waals surface area contributed by atoms with Gasteiger partial charge in [-0.15, -0.1) is 0 Å². The molecule has 2 aromatic rings. The van der Waals surface area contributed by atoms with Gasteiger partial charge in [-0.3, -0.25) is 4.79 Å². The number of carbonyl (C=O) groups is 2. The average molecular weight is 380 g/mol. The van der Waals surface area contributed by atoms with E-state index in [1.807, 2.05) is 43.3 Å². The quantitative estimate of drug-likeness (QED) is 0.755. The van der Waals surface area contributed by atoms with E-state index in [0.717, 1.165) is 29.8 Å². The summed E-state index contributed by atoms with van der Waals surface area (Å²) in [6, 6.07) is 15.0. The number of urea groups is 1. The van der Waals surface area contributed by atoms with Crippen LogP contribution in [0.1, 0.15) is 50.2 Å². The maximum atomic E-state index is 12.8. The smallest absolute Gasteiger partial charge is 0.322 e. The summed E-state index contributed by atoms with van der Waals surface area (Å²) in [6.45, 7) is 6.94. The number of hydrogen-bond donors (Lipinski definition) is 2. The highest BCUT2D eigenvalue weighted by Crippen LogP contribution is 2.23. The fourth-order valence-electron chi connectivity index (χ4n) is 3.47. The molecule has 2 N–H and O–H groups in total. The lowest BCUT2D eigenvalue weighted by Gasteiger charge is -2.24. The Morgan fingerprint density at radius 2 is 1.64 bits per heavy atom. The van der Waals surface area contributed by atoms with Crippen molar-refractivity contribution in [1.29, 1.82) is 0 Å². The molecule has 3 amide bonds. The number of benzene rings is 2. The zero-order valence-corrected chi connectivity index (χ0v) is 16.9. The van der Waals surface area contributed by atoms with Crippen molar-refractivity contribution in [2.24, 2.45) is 0 Å². The molecule has 0 aliphatic carbocycles. The fourth-order valence-corrected chi connectivity index (χ4v) is 3.47.